The summed E-state index contributed by atoms with van der Waals surface area (Å²) in [5, 5.41) is 15.5. The van der Waals surface area contributed by atoms with E-state index in [1.807, 2.05) is 0 Å². The molecule has 16 atom stereocenters. The van der Waals surface area contributed by atoms with Crippen molar-refractivity contribution in [3.63, 3.8) is 0 Å². The van der Waals surface area contributed by atoms with Crippen LogP contribution >= 0.6 is 15.9 Å². The summed E-state index contributed by atoms with van der Waals surface area (Å²) in [6.07, 6.45) is 58.0. The largest absolute Gasteiger partial charge is 0.330 e. The van der Waals surface area contributed by atoms with Crippen molar-refractivity contribution in [2.24, 2.45) is 124 Å². The molecule has 8 saturated carbocycles. The van der Waals surface area contributed by atoms with Crippen LogP contribution in [0.1, 0.15) is 388 Å². The van der Waals surface area contributed by atoms with Crippen molar-refractivity contribution in [1.29, 1.82) is 0 Å². The van der Waals surface area contributed by atoms with Gasteiger partial charge in [-0.15, -0.1) is 0 Å². The Morgan fingerprint density at radius 2 is 0.469 bits per heavy atom. The number of hydrogen-bond donors (Lipinski definition) is 9. The number of hydrazine groups is 1. The molecule has 0 spiro atoms. The van der Waals surface area contributed by atoms with Crippen LogP contribution in [0.5, 0.6) is 0 Å². The van der Waals surface area contributed by atoms with Gasteiger partial charge in [0, 0.05) is 5.33 Å². The zero-order valence-corrected chi connectivity index (χ0v) is 81.8. The molecule has 0 aromatic carbocycles. The average molecular weight is 1670 g/mol. The van der Waals surface area contributed by atoms with Gasteiger partial charge in [0.15, 0.2) is 0 Å². The van der Waals surface area contributed by atoms with Gasteiger partial charge >= 0.3 is 0 Å². The van der Waals surface area contributed by atoms with Crippen LogP contribution in [0.2, 0.25) is 0 Å². The average Bonchev–Trinajstić information content (AvgIpc) is 1.72. The predicted octanol–water partition coefficient (Wildman–Crippen LogP) is 22.9. The highest BCUT2D eigenvalue weighted by Crippen LogP contribution is 2.48. The van der Waals surface area contributed by atoms with Crippen molar-refractivity contribution < 1.29 is 0 Å². The molecule has 682 valence electrons. The van der Waals surface area contributed by atoms with Crippen molar-refractivity contribution in [3.8, 4) is 0 Å². The number of alkyl halides is 1. The fourth-order valence-electron chi connectivity index (χ4n) is 16.4. The highest BCUT2D eigenvalue weighted by Gasteiger charge is 2.39. The van der Waals surface area contributed by atoms with Crippen molar-refractivity contribution in [2.75, 3.05) is 156 Å². The lowest BCUT2D eigenvalue weighted by Gasteiger charge is -2.18. The van der Waals surface area contributed by atoms with Gasteiger partial charge in [-0.25, -0.2) is 0 Å². The quantitative estimate of drug-likeness (QED) is 0.0121. The minimum absolute atomic E-state index is 0.805. The summed E-state index contributed by atoms with van der Waals surface area (Å²) in [4.78, 5) is 10.1. The van der Waals surface area contributed by atoms with Gasteiger partial charge in [-0.3, -0.25) is 11.7 Å². The molecule has 14 N–H and O–H groups in total. The molecule has 8 fully saturated rings. The summed E-state index contributed by atoms with van der Waals surface area (Å²) in [6.45, 7) is 67.6. The second-order valence-corrected chi connectivity index (χ2v) is 37.7. The maximum absolute atomic E-state index is 5.45. The van der Waals surface area contributed by atoms with Gasteiger partial charge in [-0.05, 0) is 354 Å². The minimum Gasteiger partial charge on any atom is -0.330 e. The lowest BCUT2D eigenvalue weighted by Crippen LogP contribution is -2.29. The zero-order valence-electron chi connectivity index (χ0n) is 80.3. The Kier molecular flexibility index (Phi) is 84.4. The third-order valence-electron chi connectivity index (χ3n) is 27.1. The van der Waals surface area contributed by atoms with Crippen LogP contribution < -0.4 is 50.2 Å². The van der Waals surface area contributed by atoms with Crippen LogP contribution in [0.15, 0.2) is 0 Å². The van der Waals surface area contributed by atoms with E-state index >= 15 is 0 Å². The summed E-state index contributed by atoms with van der Waals surface area (Å²) in [5.41, 5.74) is 16.3. The van der Waals surface area contributed by atoms with Crippen LogP contribution in [-0.2, 0) is 0 Å². The first-order valence-corrected chi connectivity index (χ1v) is 51.9. The highest BCUT2D eigenvalue weighted by molar-refractivity contribution is 9.09. The summed E-state index contributed by atoms with van der Waals surface area (Å²) >= 11 is 3.31. The van der Waals surface area contributed by atoms with E-state index in [2.05, 4.69) is 193 Å². The maximum atomic E-state index is 5.45. The second kappa shape index (κ2) is 82.9. The van der Waals surface area contributed by atoms with E-state index in [9.17, 15) is 0 Å². The van der Waals surface area contributed by atoms with Crippen LogP contribution in [0.4, 0.5) is 0 Å². The first-order chi connectivity index (χ1) is 55.0. The van der Waals surface area contributed by atoms with E-state index in [1.54, 1.807) is 25.7 Å². The van der Waals surface area contributed by atoms with Gasteiger partial charge in [0.05, 0.1) is 0 Å². The molecule has 13 nitrogen and oxygen atoms in total. The number of nitrogens with zero attached hydrogens (tertiary/aromatic N) is 4. The molecule has 0 bridgehead atoms. The maximum Gasteiger partial charge on any atom is 0.00312 e. The van der Waals surface area contributed by atoms with E-state index in [4.69, 9.17) is 17.2 Å². The van der Waals surface area contributed by atoms with E-state index in [0.717, 1.165) is 133 Å². The van der Waals surface area contributed by atoms with Gasteiger partial charge < -0.3 is 58.1 Å². The molecule has 0 heterocycles. The Morgan fingerprint density at radius 1 is 0.248 bits per heavy atom. The molecule has 8 aliphatic rings. The fourth-order valence-corrected chi connectivity index (χ4v) is 17.0. The standard InChI is InChI=1S/C21H44N2.C19H42N4.C15H30.C12H27N3.C11H24N2.C7H14.2C5H10.C4H9Br.H4N2/c1-5-22(6-2)17-13-9-11-15-20-19-21(20)16-12-10-14-18-23(7-3)8-4;1-5-22(6-2)13-9-11-20-16-18-15-19(18)17-21-12-10-14-23(7-3)8-4;1-3-5-7-9-11-14-13-15(14)12-10-8-6-4-2;1-2-3-6-14-9-11-8-12(11)10-15-7-4-5-13;12-7-3-1-5-10-9-11(10)6-2-4-8-13;1-3-6-5-7(6)4-2;2*1-4-3-5(4)2;1-2-3-4-5;1-2/h20-21H,5-19H2,1-4H3;18-21H,5-17H2,1-4H3;14-15H,3-13H2,1-2H3;11-12,14-15H,2-10,13H2,1H3;10-11H,1-9,12-13H2;6-7H,3-5H2,1-2H3;2*4-5H,3H2,1-2H3;2-4H2,1H3;1-2H2. The molecule has 0 aliphatic heterocycles. The third-order valence-corrected chi connectivity index (χ3v) is 27.7. The Balaban J connectivity index is 0. The summed E-state index contributed by atoms with van der Waals surface area (Å²) in [5.74, 6) is 24.7. The molecular weight excluding hydrogens is 1450 g/mol. The van der Waals surface area contributed by atoms with Gasteiger partial charge in [0.1, 0.15) is 0 Å². The zero-order chi connectivity index (χ0) is 84.3. The molecular formula is C99H214BrN13. The topological polar surface area (TPSA) is 191 Å². The number of nitrogens with one attached hydrogen (secondary N) is 4. The van der Waals surface area contributed by atoms with E-state index < -0.39 is 0 Å². The lowest BCUT2D eigenvalue weighted by molar-refractivity contribution is 0.294. The number of rotatable bonds is 64. The third kappa shape index (κ3) is 73.2. The lowest BCUT2D eigenvalue weighted by atomic mass is 10.1. The molecule has 14 heteroatoms. The van der Waals surface area contributed by atoms with Crippen molar-refractivity contribution in [2.45, 2.75) is 388 Å². The summed E-state index contributed by atoms with van der Waals surface area (Å²) in [7, 11) is 0. The Hall–Kier alpha value is -0.0400. The van der Waals surface area contributed by atoms with Gasteiger partial charge in [0.25, 0.3) is 0 Å². The van der Waals surface area contributed by atoms with Crippen molar-refractivity contribution in [3.05, 3.63) is 0 Å². The molecule has 0 radical (unpaired) electrons. The SMILES string of the molecule is CC1CC1C.CC1CC1C.CCC1CC1CC.CCCCBr.CCCCCCC1CC1CCCCCC.CCCCNCC1CC1CNCCCN.CCN(CC)CCCCCC1CC1CCCCCN(CC)CC.CCN(CC)CCCNCC1CC1CNCCCN(CC)CC.NCCCCC1CC1CCCCN.NN. The molecule has 0 amide bonds. The monoisotopic (exact) mass is 1660 g/mol. The predicted molar refractivity (Wildman–Crippen MR) is 514 cm³/mol. The van der Waals surface area contributed by atoms with E-state index in [-0.39, 0.29) is 0 Å². The first-order valence-electron chi connectivity index (χ1n) is 50.8. The van der Waals surface area contributed by atoms with Gasteiger partial charge in [0.2, 0.25) is 0 Å². The molecule has 8 rings (SSSR count). The van der Waals surface area contributed by atoms with Gasteiger partial charge in [-0.1, -0.05) is 295 Å². The van der Waals surface area contributed by atoms with Crippen LogP contribution in [0.3, 0.4) is 0 Å². The Bertz CT molecular complexity index is 1640. The van der Waals surface area contributed by atoms with Crippen LogP contribution in [-0.4, -0.2) is 175 Å². The Labute approximate surface area is 719 Å². The molecule has 113 heavy (non-hydrogen) atoms. The van der Waals surface area contributed by atoms with Crippen molar-refractivity contribution >= 4 is 15.9 Å². The highest BCUT2D eigenvalue weighted by atomic mass is 79.9. The number of unbranched alkanes of at least 4 members (excludes halogenated alkanes) is 14. The normalized spacial score (nSPS) is 25.1. The van der Waals surface area contributed by atoms with Gasteiger partial charge in [-0.2, -0.15) is 0 Å². The fraction of sp³-hybridized carbons (Fsp3) is 1.00. The van der Waals surface area contributed by atoms with E-state index in [0.29, 0.717) is 0 Å². The van der Waals surface area contributed by atoms with Crippen molar-refractivity contribution in [1.82, 2.24) is 40.9 Å². The number of halogens is 1. The van der Waals surface area contributed by atoms with Crippen LogP contribution in [0, 0.1) is 94.7 Å². The minimum atomic E-state index is 0.805. The summed E-state index contributed by atoms with van der Waals surface area (Å²) in [6, 6.07) is 0. The summed E-state index contributed by atoms with van der Waals surface area (Å²) < 4.78 is 0. The molecule has 8 aliphatic carbocycles. The smallest absolute Gasteiger partial charge is 0.00312 e. The van der Waals surface area contributed by atoms with E-state index in [1.165, 1.54) is 355 Å². The first kappa shape index (κ1) is 115. The molecule has 0 saturated heterocycles. The Morgan fingerprint density at radius 3 is 0.681 bits per heavy atom. The number of hydrogen-bond acceptors (Lipinski definition) is 13. The molecule has 0 aromatic heterocycles. The number of nitrogens with two attached hydrogens (primary N) is 5. The second-order valence-electron chi connectivity index (χ2n) is 36.9. The molecule has 16 unspecified atom stereocenters. The van der Waals surface area contributed by atoms with Crippen LogP contribution in [0.25, 0.3) is 0 Å². The molecule has 0 aromatic rings.